The molecule has 0 aromatic heterocycles. The summed E-state index contributed by atoms with van der Waals surface area (Å²) >= 11 is 12.3. The molecule has 0 aliphatic carbocycles. The summed E-state index contributed by atoms with van der Waals surface area (Å²) in [6.07, 6.45) is 3.53. The van der Waals surface area contributed by atoms with Crippen molar-refractivity contribution in [1.82, 2.24) is 30.2 Å². The van der Waals surface area contributed by atoms with Crippen LogP contribution in [0.1, 0.15) is 47.5 Å². The number of nitrogens with zero attached hydrogens (tertiary/aromatic N) is 5. The minimum Gasteiger partial charge on any atom is -0.399 e. The molecule has 2 aliphatic heterocycles. The lowest BCUT2D eigenvalue weighted by Gasteiger charge is -2.43. The molecule has 2 heterocycles. The standard InChI is InChI=1S/C33H45Cl2N7O4/c1-36-32(44)37-13-19-41-14-7-15-42(33(41)45)28-10-16-40(17-11-28)18-12-29(24-8-5-4-6-9-24)30(38-46-3)23-39(2)31(43)25-20-26(34)22-27(35)21-25/h4-6,8-9,20-22,28-29H,7,10-19,23H2,1-3H3,(H2,36,37,44)/b38-30+. The topological polar surface area (TPSA) is 110 Å². The van der Waals surface area contributed by atoms with E-state index in [1.54, 1.807) is 37.2 Å². The van der Waals surface area contributed by atoms with Gasteiger partial charge in [-0.1, -0.05) is 58.7 Å². The lowest BCUT2D eigenvalue weighted by Crippen LogP contribution is -2.56. The summed E-state index contributed by atoms with van der Waals surface area (Å²) in [5.74, 6) is -0.284. The van der Waals surface area contributed by atoms with Crippen molar-refractivity contribution in [2.24, 2.45) is 5.16 Å². The van der Waals surface area contributed by atoms with Gasteiger partial charge >= 0.3 is 12.1 Å². The van der Waals surface area contributed by atoms with E-state index in [2.05, 4.69) is 32.8 Å². The molecule has 4 rings (SSSR count). The third-order valence-electron chi connectivity index (χ3n) is 8.64. The van der Waals surface area contributed by atoms with Gasteiger partial charge in [0.05, 0.1) is 12.3 Å². The normalized spacial score (nSPS) is 17.1. The van der Waals surface area contributed by atoms with Gasteiger partial charge in [-0.3, -0.25) is 4.79 Å². The maximum Gasteiger partial charge on any atom is 0.320 e. The molecule has 5 amide bonds. The molecular formula is C33H45Cl2N7O4. The molecule has 2 aromatic carbocycles. The van der Waals surface area contributed by atoms with Gasteiger partial charge in [0.2, 0.25) is 0 Å². The summed E-state index contributed by atoms with van der Waals surface area (Å²) in [6.45, 7) is 5.28. The van der Waals surface area contributed by atoms with E-state index in [0.29, 0.717) is 35.2 Å². The number of hydrogen-bond acceptors (Lipinski definition) is 6. The smallest absolute Gasteiger partial charge is 0.320 e. The van der Waals surface area contributed by atoms with E-state index in [4.69, 9.17) is 28.0 Å². The minimum absolute atomic E-state index is 0.0617. The molecule has 46 heavy (non-hydrogen) atoms. The van der Waals surface area contributed by atoms with Crippen LogP contribution >= 0.6 is 23.2 Å². The van der Waals surface area contributed by atoms with E-state index in [0.717, 1.165) is 63.1 Å². The first-order valence-corrected chi connectivity index (χ1v) is 16.6. The fourth-order valence-corrected chi connectivity index (χ4v) is 6.78. The number of carbonyl (C=O) groups is 3. The third-order valence-corrected chi connectivity index (χ3v) is 9.07. The van der Waals surface area contributed by atoms with Crippen molar-refractivity contribution in [2.45, 2.75) is 37.6 Å². The number of hydrogen-bond donors (Lipinski definition) is 2. The molecule has 1 atom stereocenters. The van der Waals surface area contributed by atoms with Crippen LogP contribution in [0.5, 0.6) is 0 Å². The second-order valence-electron chi connectivity index (χ2n) is 11.7. The molecule has 1 unspecified atom stereocenters. The van der Waals surface area contributed by atoms with Crippen molar-refractivity contribution < 1.29 is 19.2 Å². The Kier molecular flexibility index (Phi) is 13.4. The SMILES string of the molecule is CNC(=O)NCCN1CCCN(C2CCN(CCC(/C(CN(C)C(=O)c3cc(Cl)cc(Cl)c3)=N/OC)c3ccccc3)CC2)C1=O. The first-order valence-electron chi connectivity index (χ1n) is 15.8. The van der Waals surface area contributed by atoms with Crippen molar-refractivity contribution in [2.75, 3.05) is 73.6 Å². The van der Waals surface area contributed by atoms with Gasteiger partial charge < -0.3 is 35.1 Å². The van der Waals surface area contributed by atoms with Gasteiger partial charge in [0.15, 0.2) is 0 Å². The zero-order chi connectivity index (χ0) is 33.1. The van der Waals surface area contributed by atoms with Gasteiger partial charge in [-0.25, -0.2) is 9.59 Å². The van der Waals surface area contributed by atoms with Gasteiger partial charge in [-0.15, -0.1) is 0 Å². The summed E-state index contributed by atoms with van der Waals surface area (Å²) < 4.78 is 0. The van der Waals surface area contributed by atoms with E-state index in [1.807, 2.05) is 28.0 Å². The number of amides is 5. The molecule has 250 valence electrons. The lowest BCUT2D eigenvalue weighted by atomic mass is 9.89. The number of likely N-dealkylation sites (tertiary alicyclic amines) is 1. The first kappa shape index (κ1) is 35.3. The van der Waals surface area contributed by atoms with Crippen LogP contribution in [0.25, 0.3) is 0 Å². The number of oxime groups is 1. The van der Waals surface area contributed by atoms with Crippen LogP contribution < -0.4 is 10.6 Å². The molecule has 0 saturated carbocycles. The van der Waals surface area contributed by atoms with Crippen LogP contribution in [0, 0.1) is 0 Å². The van der Waals surface area contributed by atoms with Gasteiger partial charge in [0, 0.05) is 80.9 Å². The number of piperidine rings is 1. The third kappa shape index (κ3) is 9.73. The highest BCUT2D eigenvalue weighted by atomic mass is 35.5. The zero-order valence-electron chi connectivity index (χ0n) is 26.9. The Morgan fingerprint density at radius 2 is 1.74 bits per heavy atom. The molecule has 0 bridgehead atoms. The Labute approximate surface area is 281 Å². The quantitative estimate of drug-likeness (QED) is 0.235. The van der Waals surface area contributed by atoms with Gasteiger partial charge in [0.25, 0.3) is 5.91 Å². The average molecular weight is 675 g/mol. The first-order chi connectivity index (χ1) is 22.2. The molecule has 2 aromatic rings. The summed E-state index contributed by atoms with van der Waals surface area (Å²) in [6, 6.07) is 15.0. The Morgan fingerprint density at radius 1 is 1.04 bits per heavy atom. The highest BCUT2D eigenvalue weighted by Crippen LogP contribution is 2.27. The second-order valence-corrected chi connectivity index (χ2v) is 12.6. The fourth-order valence-electron chi connectivity index (χ4n) is 6.25. The number of urea groups is 2. The van der Waals surface area contributed by atoms with E-state index >= 15 is 0 Å². The van der Waals surface area contributed by atoms with Crippen molar-refractivity contribution >= 4 is 46.9 Å². The highest BCUT2D eigenvalue weighted by Gasteiger charge is 2.33. The second kappa shape index (κ2) is 17.4. The molecule has 0 spiro atoms. The zero-order valence-corrected chi connectivity index (χ0v) is 28.4. The van der Waals surface area contributed by atoms with Crippen molar-refractivity contribution in [3.8, 4) is 0 Å². The van der Waals surface area contributed by atoms with Crippen molar-refractivity contribution in [3.63, 3.8) is 0 Å². The van der Waals surface area contributed by atoms with Crippen LogP contribution in [-0.2, 0) is 4.84 Å². The average Bonchev–Trinajstić information content (AvgIpc) is 3.05. The molecule has 2 saturated heterocycles. The summed E-state index contributed by atoms with van der Waals surface area (Å²) in [4.78, 5) is 51.3. The van der Waals surface area contributed by atoms with E-state index < -0.39 is 0 Å². The van der Waals surface area contributed by atoms with Crippen LogP contribution in [-0.4, -0.2) is 123 Å². The summed E-state index contributed by atoms with van der Waals surface area (Å²) in [7, 11) is 4.83. The Morgan fingerprint density at radius 3 is 2.39 bits per heavy atom. The molecule has 2 aliphatic rings. The minimum atomic E-state index is -0.243. The van der Waals surface area contributed by atoms with Crippen LogP contribution in [0.4, 0.5) is 9.59 Å². The number of halogens is 2. The largest absolute Gasteiger partial charge is 0.399 e. The van der Waals surface area contributed by atoms with E-state index in [-0.39, 0.29) is 36.5 Å². The van der Waals surface area contributed by atoms with E-state index in [9.17, 15) is 14.4 Å². The van der Waals surface area contributed by atoms with Crippen LogP contribution in [0.15, 0.2) is 53.7 Å². The van der Waals surface area contributed by atoms with Gasteiger partial charge in [-0.05, 0) is 56.0 Å². The van der Waals surface area contributed by atoms with Gasteiger partial charge in [-0.2, -0.15) is 0 Å². The predicted molar refractivity (Wildman–Crippen MR) is 182 cm³/mol. The molecule has 2 N–H and O–H groups in total. The van der Waals surface area contributed by atoms with Crippen LogP contribution in [0.2, 0.25) is 10.0 Å². The van der Waals surface area contributed by atoms with Crippen LogP contribution in [0.3, 0.4) is 0 Å². The summed E-state index contributed by atoms with van der Waals surface area (Å²) in [5.41, 5.74) is 2.26. The Balaban J connectivity index is 1.36. The van der Waals surface area contributed by atoms with Crippen molar-refractivity contribution in [1.29, 1.82) is 0 Å². The maximum absolute atomic E-state index is 13.3. The molecular weight excluding hydrogens is 629 g/mol. The summed E-state index contributed by atoms with van der Waals surface area (Å²) in [5, 5.41) is 10.5. The number of rotatable bonds is 13. The predicted octanol–water partition coefficient (Wildman–Crippen LogP) is 4.76. The Hall–Kier alpha value is -3.54. The fraction of sp³-hybridized carbons (Fsp3) is 0.515. The number of nitrogens with one attached hydrogen (secondary N) is 2. The number of benzene rings is 2. The van der Waals surface area contributed by atoms with Gasteiger partial charge in [0.1, 0.15) is 7.11 Å². The maximum atomic E-state index is 13.3. The van der Waals surface area contributed by atoms with E-state index in [1.165, 1.54) is 7.11 Å². The lowest BCUT2D eigenvalue weighted by molar-refractivity contribution is 0.0784. The van der Waals surface area contributed by atoms with Crippen molar-refractivity contribution in [3.05, 3.63) is 69.7 Å². The molecule has 2 fully saturated rings. The number of carbonyl (C=O) groups excluding carboxylic acids is 3. The Bertz CT molecular complexity index is 1330. The molecule has 13 heteroatoms. The molecule has 0 radical (unpaired) electrons. The monoisotopic (exact) mass is 673 g/mol. The highest BCUT2D eigenvalue weighted by molar-refractivity contribution is 6.35. The molecule has 11 nitrogen and oxygen atoms in total.